The Kier molecular flexibility index (Phi) is 5.36. The van der Waals surface area contributed by atoms with E-state index in [9.17, 15) is 4.79 Å². The number of nitrogens with one attached hydrogen (secondary N) is 2. The number of hydrogen-bond donors (Lipinski definition) is 3. The smallest absolute Gasteiger partial charge is 0.234 e. The van der Waals surface area contributed by atoms with E-state index in [1.165, 1.54) is 0 Å². The third-order valence-electron chi connectivity index (χ3n) is 3.60. The molecular weight excluding hydrogens is 238 g/mol. The van der Waals surface area contributed by atoms with Gasteiger partial charge in [0.05, 0.1) is 6.54 Å². The van der Waals surface area contributed by atoms with Gasteiger partial charge in [0.25, 0.3) is 0 Å². The molecule has 1 fully saturated rings. The second kappa shape index (κ2) is 7.26. The predicted octanol–water partition coefficient (Wildman–Crippen LogP) is 1.16. The van der Waals surface area contributed by atoms with Crippen molar-refractivity contribution in [2.24, 2.45) is 5.73 Å². The lowest BCUT2D eigenvalue weighted by molar-refractivity contribution is -0.120. The normalized spacial score (nSPS) is 23.0. The first kappa shape index (κ1) is 14.0. The van der Waals surface area contributed by atoms with Gasteiger partial charge in [-0.15, -0.1) is 0 Å². The SMILES string of the molecule is NC1CCCC(NCC(=O)NCc2ccccc2)C1. The van der Waals surface area contributed by atoms with Gasteiger partial charge in [0.15, 0.2) is 0 Å². The van der Waals surface area contributed by atoms with Crippen LogP contribution in [0.25, 0.3) is 0 Å². The maximum absolute atomic E-state index is 11.7. The molecule has 0 aliphatic heterocycles. The third-order valence-corrected chi connectivity index (χ3v) is 3.60. The van der Waals surface area contributed by atoms with Crippen LogP contribution >= 0.6 is 0 Å². The summed E-state index contributed by atoms with van der Waals surface area (Å²) in [6, 6.07) is 10.6. The van der Waals surface area contributed by atoms with Crippen molar-refractivity contribution in [2.75, 3.05) is 6.54 Å². The summed E-state index contributed by atoms with van der Waals surface area (Å²) in [7, 11) is 0. The van der Waals surface area contributed by atoms with Crippen molar-refractivity contribution < 1.29 is 4.79 Å². The molecule has 1 aromatic carbocycles. The average molecular weight is 261 g/mol. The second-order valence-electron chi connectivity index (χ2n) is 5.27. The zero-order valence-corrected chi connectivity index (χ0v) is 11.3. The molecule has 104 valence electrons. The van der Waals surface area contributed by atoms with Gasteiger partial charge in [0, 0.05) is 18.6 Å². The van der Waals surface area contributed by atoms with Crippen LogP contribution in [0, 0.1) is 0 Å². The molecular formula is C15H23N3O. The summed E-state index contributed by atoms with van der Waals surface area (Å²) in [4.78, 5) is 11.7. The maximum atomic E-state index is 11.7. The molecule has 4 N–H and O–H groups in total. The molecule has 4 heteroatoms. The van der Waals surface area contributed by atoms with Crippen molar-refractivity contribution in [1.82, 2.24) is 10.6 Å². The molecule has 0 radical (unpaired) electrons. The highest BCUT2D eigenvalue weighted by molar-refractivity contribution is 5.78. The molecule has 0 saturated heterocycles. The van der Waals surface area contributed by atoms with E-state index in [1.807, 2.05) is 30.3 Å². The molecule has 1 saturated carbocycles. The third kappa shape index (κ3) is 5.01. The minimum atomic E-state index is 0.0444. The van der Waals surface area contributed by atoms with Crippen LogP contribution in [0.3, 0.4) is 0 Å². The van der Waals surface area contributed by atoms with Gasteiger partial charge < -0.3 is 16.4 Å². The minimum Gasteiger partial charge on any atom is -0.351 e. The molecule has 4 nitrogen and oxygen atoms in total. The van der Waals surface area contributed by atoms with E-state index in [2.05, 4.69) is 10.6 Å². The summed E-state index contributed by atoms with van der Waals surface area (Å²) >= 11 is 0. The summed E-state index contributed by atoms with van der Waals surface area (Å²) in [6.07, 6.45) is 4.37. The predicted molar refractivity (Wildman–Crippen MR) is 76.5 cm³/mol. The van der Waals surface area contributed by atoms with Crippen LogP contribution in [0.2, 0.25) is 0 Å². The van der Waals surface area contributed by atoms with Gasteiger partial charge in [0.2, 0.25) is 5.91 Å². The maximum Gasteiger partial charge on any atom is 0.234 e. The zero-order valence-electron chi connectivity index (χ0n) is 11.3. The topological polar surface area (TPSA) is 67.1 Å². The van der Waals surface area contributed by atoms with Crippen LogP contribution < -0.4 is 16.4 Å². The zero-order chi connectivity index (χ0) is 13.5. The Labute approximate surface area is 114 Å². The van der Waals surface area contributed by atoms with Crippen molar-refractivity contribution in [1.29, 1.82) is 0 Å². The van der Waals surface area contributed by atoms with Gasteiger partial charge in [0.1, 0.15) is 0 Å². The number of amides is 1. The molecule has 2 rings (SSSR count). The molecule has 19 heavy (non-hydrogen) atoms. The van der Waals surface area contributed by atoms with E-state index in [4.69, 9.17) is 5.73 Å². The molecule has 2 atom stereocenters. The van der Waals surface area contributed by atoms with Gasteiger partial charge in [-0.25, -0.2) is 0 Å². The molecule has 0 aromatic heterocycles. The van der Waals surface area contributed by atoms with Crippen LogP contribution in [-0.2, 0) is 11.3 Å². The number of carbonyl (C=O) groups excluding carboxylic acids is 1. The van der Waals surface area contributed by atoms with Crippen LogP contribution in [0.4, 0.5) is 0 Å². The Bertz CT molecular complexity index is 394. The second-order valence-corrected chi connectivity index (χ2v) is 5.27. The Balaban J connectivity index is 1.64. The molecule has 2 unspecified atom stereocenters. The van der Waals surface area contributed by atoms with Crippen LogP contribution in [0.1, 0.15) is 31.2 Å². The van der Waals surface area contributed by atoms with Crippen LogP contribution in [0.5, 0.6) is 0 Å². The summed E-state index contributed by atoms with van der Waals surface area (Å²) in [5.74, 6) is 0.0444. The van der Waals surface area contributed by atoms with Gasteiger partial charge in [-0.1, -0.05) is 36.8 Å². The molecule has 1 aliphatic carbocycles. The molecule has 1 amide bonds. The Morgan fingerprint density at radius 3 is 2.79 bits per heavy atom. The quantitative estimate of drug-likeness (QED) is 0.745. The lowest BCUT2D eigenvalue weighted by Gasteiger charge is -2.27. The fourth-order valence-electron chi connectivity index (χ4n) is 2.51. The van der Waals surface area contributed by atoms with E-state index in [1.54, 1.807) is 0 Å². The lowest BCUT2D eigenvalue weighted by atomic mass is 9.92. The van der Waals surface area contributed by atoms with Crippen molar-refractivity contribution in [3.63, 3.8) is 0 Å². The summed E-state index contributed by atoms with van der Waals surface area (Å²) in [5, 5.41) is 6.21. The minimum absolute atomic E-state index is 0.0444. The molecule has 0 heterocycles. The number of hydrogen-bond acceptors (Lipinski definition) is 3. The summed E-state index contributed by atoms with van der Waals surface area (Å²) < 4.78 is 0. The Morgan fingerprint density at radius 1 is 1.26 bits per heavy atom. The molecule has 1 aliphatic rings. The average Bonchev–Trinajstić information content (AvgIpc) is 2.44. The van der Waals surface area contributed by atoms with Gasteiger partial charge >= 0.3 is 0 Å². The van der Waals surface area contributed by atoms with E-state index in [0.717, 1.165) is 31.2 Å². The number of nitrogens with two attached hydrogens (primary N) is 1. The van der Waals surface area contributed by atoms with Gasteiger partial charge in [-0.3, -0.25) is 4.79 Å². The number of benzene rings is 1. The number of carbonyl (C=O) groups is 1. The molecule has 1 aromatic rings. The highest BCUT2D eigenvalue weighted by atomic mass is 16.1. The fourth-order valence-corrected chi connectivity index (χ4v) is 2.51. The van der Waals surface area contributed by atoms with Gasteiger partial charge in [-0.05, 0) is 24.8 Å². The summed E-state index contributed by atoms with van der Waals surface area (Å²) in [5.41, 5.74) is 7.05. The largest absolute Gasteiger partial charge is 0.351 e. The van der Waals surface area contributed by atoms with Crippen LogP contribution in [0.15, 0.2) is 30.3 Å². The highest BCUT2D eigenvalue weighted by Gasteiger charge is 2.19. The number of rotatable bonds is 5. The van der Waals surface area contributed by atoms with Crippen molar-refractivity contribution in [2.45, 2.75) is 44.3 Å². The van der Waals surface area contributed by atoms with E-state index < -0.39 is 0 Å². The molecule has 0 bridgehead atoms. The summed E-state index contributed by atoms with van der Waals surface area (Å²) in [6.45, 7) is 0.968. The standard InChI is InChI=1S/C15H23N3O/c16-13-7-4-8-14(9-13)17-11-15(19)18-10-12-5-2-1-3-6-12/h1-3,5-6,13-14,17H,4,7-11,16H2,(H,18,19). The van der Waals surface area contributed by atoms with E-state index >= 15 is 0 Å². The first-order valence-electron chi connectivity index (χ1n) is 7.03. The Morgan fingerprint density at radius 2 is 2.05 bits per heavy atom. The highest BCUT2D eigenvalue weighted by Crippen LogP contribution is 2.16. The van der Waals surface area contributed by atoms with Gasteiger partial charge in [-0.2, -0.15) is 0 Å². The van der Waals surface area contributed by atoms with Crippen LogP contribution in [-0.4, -0.2) is 24.5 Å². The van der Waals surface area contributed by atoms with Crippen molar-refractivity contribution in [3.05, 3.63) is 35.9 Å². The Hall–Kier alpha value is -1.39. The monoisotopic (exact) mass is 261 g/mol. The lowest BCUT2D eigenvalue weighted by Crippen LogP contribution is -2.43. The first-order valence-corrected chi connectivity index (χ1v) is 7.03. The molecule has 0 spiro atoms. The van der Waals surface area contributed by atoms with Crippen molar-refractivity contribution in [3.8, 4) is 0 Å². The van der Waals surface area contributed by atoms with E-state index in [0.29, 0.717) is 25.2 Å². The fraction of sp³-hybridized carbons (Fsp3) is 0.533. The van der Waals surface area contributed by atoms with Crippen molar-refractivity contribution >= 4 is 5.91 Å². The first-order chi connectivity index (χ1) is 9.24. The van der Waals surface area contributed by atoms with E-state index in [-0.39, 0.29) is 5.91 Å².